The summed E-state index contributed by atoms with van der Waals surface area (Å²) in [6.07, 6.45) is 0.780. The van der Waals surface area contributed by atoms with Gasteiger partial charge in [0.1, 0.15) is 0 Å². The summed E-state index contributed by atoms with van der Waals surface area (Å²) in [4.78, 5) is 40.3. The molecule has 1 saturated heterocycles. The van der Waals surface area contributed by atoms with Crippen LogP contribution in [0.4, 0.5) is 5.95 Å². The Kier molecular flexibility index (Phi) is 3.74. The minimum Gasteiger partial charge on any atom is -0.369 e. The van der Waals surface area contributed by atoms with Gasteiger partial charge >= 0.3 is 7.60 Å². The van der Waals surface area contributed by atoms with Crippen LogP contribution in [0.25, 0.3) is 11.2 Å². The summed E-state index contributed by atoms with van der Waals surface area (Å²) in [6, 6.07) is 0. The standard InChI is InChI=1S/C10H13ClN5O5P/c11-4-1-6(22(18,19)20)21-5(4)2-16-3-13-7-8(16)14-10(12)15-9(7)17/h3-6H,1-2H2,(H2,18,19,20)(H3,12,14,15,17)/t4-,5+,6-/m0/s1. The maximum absolute atomic E-state index is 11.7. The Balaban J connectivity index is 1.88. The van der Waals surface area contributed by atoms with Crippen LogP contribution < -0.4 is 11.3 Å². The zero-order chi connectivity index (χ0) is 16.1. The molecule has 1 aliphatic rings. The van der Waals surface area contributed by atoms with Gasteiger partial charge in [0, 0.05) is 6.42 Å². The zero-order valence-corrected chi connectivity index (χ0v) is 12.7. The summed E-state index contributed by atoms with van der Waals surface area (Å²) in [5, 5.41) is -0.575. The number of fused-ring (bicyclic) bond motifs is 1. The Morgan fingerprint density at radius 1 is 1.59 bits per heavy atom. The van der Waals surface area contributed by atoms with Crippen molar-refractivity contribution in [1.29, 1.82) is 0 Å². The predicted molar refractivity (Wildman–Crippen MR) is 77.5 cm³/mol. The summed E-state index contributed by atoms with van der Waals surface area (Å²) < 4.78 is 18.1. The zero-order valence-electron chi connectivity index (χ0n) is 11.1. The highest BCUT2D eigenvalue weighted by atomic mass is 35.5. The molecule has 2 aromatic heterocycles. The van der Waals surface area contributed by atoms with Gasteiger partial charge in [-0.1, -0.05) is 0 Å². The molecular weight excluding hydrogens is 337 g/mol. The molecule has 2 aromatic rings. The van der Waals surface area contributed by atoms with Gasteiger partial charge in [-0.3, -0.25) is 14.3 Å². The number of alkyl halides is 1. The summed E-state index contributed by atoms with van der Waals surface area (Å²) in [7, 11) is -4.36. The first-order valence-corrected chi connectivity index (χ1v) is 8.43. The van der Waals surface area contributed by atoms with E-state index in [2.05, 4.69) is 15.0 Å². The van der Waals surface area contributed by atoms with Gasteiger partial charge in [-0.25, -0.2) is 4.98 Å². The maximum atomic E-state index is 11.7. The van der Waals surface area contributed by atoms with Gasteiger partial charge < -0.3 is 24.8 Å². The lowest BCUT2D eigenvalue weighted by Gasteiger charge is -2.16. The van der Waals surface area contributed by atoms with Crippen LogP contribution in [-0.4, -0.2) is 46.6 Å². The Bertz CT molecular complexity index is 816. The van der Waals surface area contributed by atoms with Gasteiger partial charge in [0.25, 0.3) is 5.56 Å². The number of nitrogens with one attached hydrogen (secondary N) is 1. The van der Waals surface area contributed by atoms with E-state index >= 15 is 0 Å². The summed E-state index contributed by atoms with van der Waals surface area (Å²) in [6.45, 7) is 0.150. The van der Waals surface area contributed by atoms with E-state index in [1.165, 1.54) is 10.9 Å². The van der Waals surface area contributed by atoms with E-state index < -0.39 is 30.5 Å². The van der Waals surface area contributed by atoms with Crippen molar-refractivity contribution in [2.24, 2.45) is 0 Å². The molecule has 0 saturated carbocycles. The Morgan fingerprint density at radius 2 is 2.32 bits per heavy atom. The van der Waals surface area contributed by atoms with E-state index in [1.807, 2.05) is 0 Å². The minimum absolute atomic E-state index is 0.0410. The third-order valence-corrected chi connectivity index (χ3v) is 4.95. The number of nitrogen functional groups attached to an aromatic ring is 1. The topological polar surface area (TPSA) is 156 Å². The molecule has 3 atom stereocenters. The number of imidazole rings is 1. The number of aromatic amines is 1. The minimum atomic E-state index is -4.36. The number of rotatable bonds is 3. The normalized spacial score (nSPS) is 25.9. The van der Waals surface area contributed by atoms with E-state index in [-0.39, 0.29) is 30.1 Å². The number of nitrogens with zero attached hydrogens (tertiary/aromatic N) is 3. The number of hydrogen-bond acceptors (Lipinski definition) is 6. The molecular formula is C10H13ClN5O5P. The van der Waals surface area contributed by atoms with Gasteiger partial charge in [-0.05, 0) is 0 Å². The molecule has 5 N–H and O–H groups in total. The van der Waals surface area contributed by atoms with Crippen LogP contribution in [0.1, 0.15) is 6.42 Å². The molecule has 12 heteroatoms. The van der Waals surface area contributed by atoms with E-state index in [0.29, 0.717) is 0 Å². The van der Waals surface area contributed by atoms with Crippen LogP contribution >= 0.6 is 19.2 Å². The third-order valence-electron chi connectivity index (χ3n) is 3.41. The van der Waals surface area contributed by atoms with Gasteiger partial charge in [0.15, 0.2) is 17.0 Å². The lowest BCUT2D eigenvalue weighted by Crippen LogP contribution is -2.23. The number of halogens is 1. The highest BCUT2D eigenvalue weighted by Crippen LogP contribution is 2.49. The van der Waals surface area contributed by atoms with Crippen molar-refractivity contribution in [1.82, 2.24) is 19.5 Å². The van der Waals surface area contributed by atoms with E-state index in [4.69, 9.17) is 31.9 Å². The Morgan fingerprint density at radius 3 is 2.95 bits per heavy atom. The lowest BCUT2D eigenvalue weighted by atomic mass is 10.2. The Labute approximate surface area is 128 Å². The molecule has 3 rings (SSSR count). The molecule has 0 spiro atoms. The maximum Gasteiger partial charge on any atom is 0.354 e. The van der Waals surface area contributed by atoms with Gasteiger partial charge in [0.2, 0.25) is 5.95 Å². The fourth-order valence-corrected chi connectivity index (χ4v) is 3.60. The quantitative estimate of drug-likeness (QED) is 0.430. The summed E-state index contributed by atoms with van der Waals surface area (Å²) in [5.74, 6) is -1.28. The second-order valence-electron chi connectivity index (χ2n) is 4.99. The van der Waals surface area contributed by atoms with E-state index in [0.717, 1.165) is 0 Å². The number of anilines is 1. The van der Waals surface area contributed by atoms with Crippen LogP contribution in [0.5, 0.6) is 0 Å². The van der Waals surface area contributed by atoms with Crippen molar-refractivity contribution in [2.45, 2.75) is 30.3 Å². The summed E-state index contributed by atoms with van der Waals surface area (Å²) in [5.41, 5.74) is 5.40. The van der Waals surface area contributed by atoms with Gasteiger partial charge in [-0.2, -0.15) is 4.98 Å². The molecule has 1 fully saturated rings. The van der Waals surface area contributed by atoms with Gasteiger partial charge in [-0.15, -0.1) is 11.6 Å². The van der Waals surface area contributed by atoms with Crippen LogP contribution in [0.2, 0.25) is 0 Å². The average Bonchev–Trinajstić information content (AvgIpc) is 2.95. The van der Waals surface area contributed by atoms with Crippen LogP contribution in [-0.2, 0) is 15.8 Å². The fraction of sp³-hybridized carbons (Fsp3) is 0.500. The summed E-state index contributed by atoms with van der Waals surface area (Å²) >= 11 is 6.09. The molecule has 120 valence electrons. The first-order valence-electron chi connectivity index (χ1n) is 6.31. The number of hydrogen-bond donors (Lipinski definition) is 4. The van der Waals surface area contributed by atoms with Gasteiger partial charge in [0.05, 0.1) is 24.4 Å². The SMILES string of the molecule is Nc1nc2c(ncn2C[C@H]2O[C@@H](P(=O)(O)O)C[C@@H]2Cl)c(=O)[nH]1. The van der Waals surface area contributed by atoms with Crippen molar-refractivity contribution < 1.29 is 19.1 Å². The number of ether oxygens (including phenoxy) is 1. The van der Waals surface area contributed by atoms with Crippen molar-refractivity contribution in [3.05, 3.63) is 16.7 Å². The molecule has 10 nitrogen and oxygen atoms in total. The second kappa shape index (κ2) is 5.32. The molecule has 0 aromatic carbocycles. The van der Waals surface area contributed by atoms with Crippen LogP contribution in [0.3, 0.4) is 0 Å². The number of H-pyrrole nitrogens is 1. The van der Waals surface area contributed by atoms with E-state index in [1.54, 1.807) is 0 Å². The van der Waals surface area contributed by atoms with Crippen molar-refractivity contribution in [3.63, 3.8) is 0 Å². The highest BCUT2D eigenvalue weighted by molar-refractivity contribution is 7.52. The first-order chi connectivity index (χ1) is 10.3. The van der Waals surface area contributed by atoms with Crippen LogP contribution in [0, 0.1) is 0 Å². The molecule has 22 heavy (non-hydrogen) atoms. The molecule has 0 radical (unpaired) electrons. The van der Waals surface area contributed by atoms with Crippen molar-refractivity contribution >= 4 is 36.3 Å². The largest absolute Gasteiger partial charge is 0.369 e. The van der Waals surface area contributed by atoms with Crippen molar-refractivity contribution in [3.8, 4) is 0 Å². The molecule has 0 unspecified atom stereocenters. The average molecular weight is 350 g/mol. The lowest BCUT2D eigenvalue weighted by molar-refractivity contribution is 0.0630. The van der Waals surface area contributed by atoms with Crippen LogP contribution in [0.15, 0.2) is 11.1 Å². The third kappa shape index (κ3) is 2.75. The number of aromatic nitrogens is 4. The van der Waals surface area contributed by atoms with Crippen molar-refractivity contribution in [2.75, 3.05) is 5.73 Å². The first kappa shape index (κ1) is 15.4. The molecule has 1 aliphatic heterocycles. The van der Waals surface area contributed by atoms with E-state index in [9.17, 15) is 9.36 Å². The fourth-order valence-electron chi connectivity index (χ4n) is 2.36. The molecule has 0 amide bonds. The molecule has 0 bridgehead atoms. The molecule has 0 aliphatic carbocycles. The number of nitrogens with two attached hydrogens (primary N) is 1. The highest BCUT2D eigenvalue weighted by Gasteiger charge is 2.43. The predicted octanol–water partition coefficient (Wildman–Crippen LogP) is -0.398. The monoisotopic (exact) mass is 349 g/mol. The Hall–Kier alpha value is -1.45. The second-order valence-corrected chi connectivity index (χ2v) is 7.31. The smallest absolute Gasteiger partial charge is 0.354 e. The molecule has 3 heterocycles.